The minimum absolute atomic E-state index is 0.0205. The molecule has 0 saturated heterocycles. The lowest BCUT2D eigenvalue weighted by atomic mass is 10.2. The van der Waals surface area contributed by atoms with E-state index >= 15 is 0 Å². The Kier molecular flexibility index (Phi) is 5.57. The molecule has 4 nitrogen and oxygen atoms in total. The molecule has 0 aliphatic heterocycles. The van der Waals surface area contributed by atoms with Gasteiger partial charge in [0.05, 0.1) is 22.2 Å². The summed E-state index contributed by atoms with van der Waals surface area (Å²) in [4.78, 5) is 24.3. The van der Waals surface area contributed by atoms with Gasteiger partial charge in [-0.2, -0.15) is 0 Å². The molecule has 7 heteroatoms. The normalized spacial score (nSPS) is 10.2. The molecule has 0 atom stereocenters. The van der Waals surface area contributed by atoms with E-state index < -0.39 is 17.7 Å². The monoisotopic (exact) mass is 307 g/mol. The van der Waals surface area contributed by atoms with Crippen molar-refractivity contribution in [1.82, 2.24) is 4.90 Å². The van der Waals surface area contributed by atoms with Gasteiger partial charge in [0.25, 0.3) is 5.91 Å². The van der Waals surface area contributed by atoms with Crippen molar-refractivity contribution >= 4 is 35.1 Å². The first-order valence-electron chi connectivity index (χ1n) is 5.42. The second-order valence-electron chi connectivity index (χ2n) is 3.71. The fourth-order valence-electron chi connectivity index (χ4n) is 1.36. The molecule has 0 unspecified atom stereocenters. The highest BCUT2D eigenvalue weighted by Gasteiger charge is 2.20. The average Bonchev–Trinajstić information content (AvgIpc) is 2.33. The molecule has 0 N–H and O–H groups in total. The smallest absolute Gasteiger partial charge is 0.325 e. The SMILES string of the molecule is CCOC(=O)CN(C)C(=O)c1cc(F)c(Cl)cc1Cl. The maximum absolute atomic E-state index is 13.3. The van der Waals surface area contributed by atoms with Gasteiger partial charge in [0, 0.05) is 7.05 Å². The lowest BCUT2D eigenvalue weighted by molar-refractivity contribution is -0.143. The Morgan fingerprint density at radius 2 is 1.95 bits per heavy atom. The van der Waals surface area contributed by atoms with E-state index in [9.17, 15) is 14.0 Å². The van der Waals surface area contributed by atoms with Crippen molar-refractivity contribution in [3.05, 3.63) is 33.6 Å². The van der Waals surface area contributed by atoms with Gasteiger partial charge in [-0.25, -0.2) is 4.39 Å². The summed E-state index contributed by atoms with van der Waals surface area (Å²) < 4.78 is 18.0. The Morgan fingerprint density at radius 3 is 2.53 bits per heavy atom. The molecule has 0 heterocycles. The quantitative estimate of drug-likeness (QED) is 0.635. The molecule has 0 spiro atoms. The second kappa shape index (κ2) is 6.73. The molecule has 1 amide bonds. The van der Waals surface area contributed by atoms with E-state index in [-0.39, 0.29) is 28.8 Å². The van der Waals surface area contributed by atoms with E-state index in [2.05, 4.69) is 0 Å². The van der Waals surface area contributed by atoms with Crippen molar-refractivity contribution in [2.24, 2.45) is 0 Å². The van der Waals surface area contributed by atoms with Crippen LogP contribution in [0.5, 0.6) is 0 Å². The zero-order chi connectivity index (χ0) is 14.6. The zero-order valence-electron chi connectivity index (χ0n) is 10.4. The molecular formula is C12H12Cl2FNO3. The van der Waals surface area contributed by atoms with Crippen LogP contribution >= 0.6 is 23.2 Å². The number of amides is 1. The zero-order valence-corrected chi connectivity index (χ0v) is 11.9. The molecule has 0 fully saturated rings. The number of carbonyl (C=O) groups excluding carboxylic acids is 2. The first-order chi connectivity index (χ1) is 8.86. The fraction of sp³-hybridized carbons (Fsp3) is 0.333. The largest absolute Gasteiger partial charge is 0.465 e. The number of esters is 1. The van der Waals surface area contributed by atoms with Crippen molar-refractivity contribution in [2.75, 3.05) is 20.2 Å². The Balaban J connectivity index is 2.88. The lowest BCUT2D eigenvalue weighted by Crippen LogP contribution is -2.33. The van der Waals surface area contributed by atoms with Crippen LogP contribution in [0.25, 0.3) is 0 Å². The third-order valence-corrected chi connectivity index (χ3v) is 2.86. The van der Waals surface area contributed by atoms with Gasteiger partial charge in [0.1, 0.15) is 12.4 Å². The highest BCUT2D eigenvalue weighted by Crippen LogP contribution is 2.25. The van der Waals surface area contributed by atoms with Crippen LogP contribution in [0.1, 0.15) is 17.3 Å². The standard InChI is InChI=1S/C12H12Cl2FNO3/c1-3-19-11(17)6-16(2)12(18)7-4-10(15)9(14)5-8(7)13/h4-5H,3,6H2,1-2H3. The summed E-state index contributed by atoms with van der Waals surface area (Å²) in [6.45, 7) is 1.63. The van der Waals surface area contributed by atoms with Gasteiger partial charge in [-0.3, -0.25) is 9.59 Å². The van der Waals surface area contributed by atoms with Gasteiger partial charge in [0.2, 0.25) is 0 Å². The van der Waals surface area contributed by atoms with Crippen LogP contribution < -0.4 is 0 Å². The number of likely N-dealkylation sites (N-methyl/N-ethyl adjacent to an activating group) is 1. The minimum atomic E-state index is -0.751. The van der Waals surface area contributed by atoms with Crippen molar-refractivity contribution in [2.45, 2.75) is 6.92 Å². The van der Waals surface area contributed by atoms with Crippen molar-refractivity contribution in [1.29, 1.82) is 0 Å². The van der Waals surface area contributed by atoms with Crippen LogP contribution in [-0.2, 0) is 9.53 Å². The van der Waals surface area contributed by atoms with E-state index in [4.69, 9.17) is 27.9 Å². The number of benzene rings is 1. The minimum Gasteiger partial charge on any atom is -0.465 e. The van der Waals surface area contributed by atoms with E-state index in [1.165, 1.54) is 7.05 Å². The van der Waals surface area contributed by atoms with Gasteiger partial charge >= 0.3 is 5.97 Å². The number of hydrogen-bond donors (Lipinski definition) is 0. The molecule has 1 rings (SSSR count). The number of ether oxygens (including phenoxy) is 1. The van der Waals surface area contributed by atoms with Crippen molar-refractivity contribution in [3.8, 4) is 0 Å². The summed E-state index contributed by atoms with van der Waals surface area (Å²) in [7, 11) is 1.39. The first kappa shape index (κ1) is 15.7. The Morgan fingerprint density at radius 1 is 1.32 bits per heavy atom. The third-order valence-electron chi connectivity index (χ3n) is 2.26. The third kappa shape index (κ3) is 4.08. The summed E-state index contributed by atoms with van der Waals surface area (Å²) in [5.74, 6) is -1.89. The molecule has 1 aromatic carbocycles. The number of nitrogens with zero attached hydrogens (tertiary/aromatic N) is 1. The van der Waals surface area contributed by atoms with Gasteiger partial charge < -0.3 is 9.64 Å². The lowest BCUT2D eigenvalue weighted by Gasteiger charge is -2.17. The van der Waals surface area contributed by atoms with E-state index in [1.807, 2.05) is 0 Å². The molecule has 0 saturated carbocycles. The molecule has 0 aliphatic carbocycles. The highest BCUT2D eigenvalue weighted by atomic mass is 35.5. The predicted octanol–water partition coefficient (Wildman–Crippen LogP) is 2.77. The highest BCUT2D eigenvalue weighted by molar-refractivity contribution is 6.36. The van der Waals surface area contributed by atoms with Crippen LogP contribution in [0, 0.1) is 5.82 Å². The molecule has 0 bridgehead atoms. The van der Waals surface area contributed by atoms with E-state index in [0.717, 1.165) is 17.0 Å². The number of rotatable bonds is 4. The first-order valence-corrected chi connectivity index (χ1v) is 6.18. The van der Waals surface area contributed by atoms with Crippen LogP contribution in [0.15, 0.2) is 12.1 Å². The Bertz CT molecular complexity index is 508. The molecule has 0 aromatic heterocycles. The summed E-state index contributed by atoms with van der Waals surface area (Å²) in [6.07, 6.45) is 0. The molecule has 104 valence electrons. The van der Waals surface area contributed by atoms with Crippen molar-refractivity contribution < 1.29 is 18.7 Å². The van der Waals surface area contributed by atoms with Crippen LogP contribution in [0.4, 0.5) is 4.39 Å². The number of halogens is 3. The topological polar surface area (TPSA) is 46.6 Å². The number of hydrogen-bond acceptors (Lipinski definition) is 3. The number of carbonyl (C=O) groups is 2. The van der Waals surface area contributed by atoms with Gasteiger partial charge in [0.15, 0.2) is 0 Å². The molecule has 0 radical (unpaired) electrons. The molecule has 1 aromatic rings. The van der Waals surface area contributed by atoms with Crippen molar-refractivity contribution in [3.63, 3.8) is 0 Å². The van der Waals surface area contributed by atoms with Crippen LogP contribution in [0.2, 0.25) is 10.0 Å². The summed E-state index contributed by atoms with van der Waals surface area (Å²) in [6, 6.07) is 2.08. The predicted molar refractivity (Wildman–Crippen MR) is 70.0 cm³/mol. The van der Waals surface area contributed by atoms with Crippen LogP contribution in [0.3, 0.4) is 0 Å². The second-order valence-corrected chi connectivity index (χ2v) is 4.53. The van der Waals surface area contributed by atoms with Crippen LogP contribution in [-0.4, -0.2) is 37.0 Å². The molecule has 19 heavy (non-hydrogen) atoms. The van der Waals surface area contributed by atoms with E-state index in [0.29, 0.717) is 0 Å². The summed E-state index contributed by atoms with van der Waals surface area (Å²) in [5.41, 5.74) is -0.0598. The van der Waals surface area contributed by atoms with E-state index in [1.54, 1.807) is 6.92 Å². The molecular weight excluding hydrogens is 296 g/mol. The summed E-state index contributed by atoms with van der Waals surface area (Å²) >= 11 is 11.4. The maximum Gasteiger partial charge on any atom is 0.325 e. The summed E-state index contributed by atoms with van der Waals surface area (Å²) in [5, 5.41) is -0.151. The maximum atomic E-state index is 13.3. The fourth-order valence-corrected chi connectivity index (χ4v) is 1.83. The van der Waals surface area contributed by atoms with Gasteiger partial charge in [-0.15, -0.1) is 0 Å². The Labute approximate surface area is 120 Å². The Hall–Kier alpha value is -1.33. The van der Waals surface area contributed by atoms with Gasteiger partial charge in [-0.05, 0) is 19.1 Å². The molecule has 0 aliphatic rings. The van der Waals surface area contributed by atoms with Gasteiger partial charge in [-0.1, -0.05) is 23.2 Å². The average molecular weight is 308 g/mol.